The molecule has 3 aliphatic heterocycles. The Hall–Kier alpha value is -1.45. The fourth-order valence-corrected chi connectivity index (χ4v) is 16.5. The van der Waals surface area contributed by atoms with E-state index in [0.29, 0.717) is 13.2 Å². The molecule has 0 saturated carbocycles. The van der Waals surface area contributed by atoms with Gasteiger partial charge in [0.15, 0.2) is 22.4 Å². The standard InChI is InChI=1S/C51H86O7Si3/c1-39-29-32-51(33-30-42(52-11)38-53-51)56-47(39)37-44(58-60(14,15)49(5,6)7)36-43(57-59(12,13)48(2,3)4)35-41-24-22-23-40(55-41)31-34-54-61(50(8,9)10,45-25-18-16-19-26-45)46-27-20-17-21-28-46/h16-21,25-29,32,39-44,47H,22-24,30-31,33-38H2,1-15H3/t39-,40+,41+,42-,43-,44+,47+,51+/m0/s1. The van der Waals surface area contributed by atoms with Gasteiger partial charge in [-0.05, 0) is 109 Å². The Morgan fingerprint density at radius 2 is 1.26 bits per heavy atom. The molecule has 3 heterocycles. The summed E-state index contributed by atoms with van der Waals surface area (Å²) in [5, 5.41) is 2.73. The van der Waals surface area contributed by atoms with Gasteiger partial charge in [0.05, 0.1) is 31.0 Å². The first-order valence-electron chi connectivity index (χ1n) is 23.7. The lowest BCUT2D eigenvalue weighted by Crippen LogP contribution is -2.66. The lowest BCUT2D eigenvalue weighted by Gasteiger charge is -2.46. The SMILES string of the molecule is CO[C@H]1CC[C@]2(C=C[C@H](C)[C@@H](C[C@@H](C[C@H](C[C@H]3CCC[C@H](CCO[Si](c4ccccc4)(c4ccccc4)C(C)(C)C)O3)O[Si](C)(C)C(C)(C)C)O[Si](C)(C)C(C)(C)C)O2)OC1. The van der Waals surface area contributed by atoms with Crippen LogP contribution in [0.1, 0.15) is 127 Å². The van der Waals surface area contributed by atoms with Gasteiger partial charge < -0.3 is 32.2 Å². The van der Waals surface area contributed by atoms with Crippen LogP contribution in [0.5, 0.6) is 0 Å². The van der Waals surface area contributed by atoms with E-state index in [1.165, 1.54) is 10.4 Å². The summed E-state index contributed by atoms with van der Waals surface area (Å²) in [6, 6.07) is 22.0. The largest absolute Gasteiger partial charge is 0.414 e. The monoisotopic (exact) mass is 895 g/mol. The normalized spacial score (nSPS) is 27.0. The molecule has 3 aliphatic rings. The number of methoxy groups -OCH3 is 1. The van der Waals surface area contributed by atoms with Gasteiger partial charge in [-0.1, -0.05) is 136 Å². The van der Waals surface area contributed by atoms with E-state index in [2.05, 4.69) is 168 Å². The van der Waals surface area contributed by atoms with Crippen LogP contribution in [0.4, 0.5) is 0 Å². The van der Waals surface area contributed by atoms with Gasteiger partial charge in [-0.3, -0.25) is 0 Å². The summed E-state index contributed by atoms with van der Waals surface area (Å²) in [7, 11) is -5.17. The summed E-state index contributed by atoms with van der Waals surface area (Å²) in [5.74, 6) is -0.454. The summed E-state index contributed by atoms with van der Waals surface area (Å²) in [6.07, 6.45) is 13.1. The van der Waals surface area contributed by atoms with Gasteiger partial charge in [0.25, 0.3) is 8.32 Å². The van der Waals surface area contributed by atoms with Gasteiger partial charge in [-0.25, -0.2) is 0 Å². The van der Waals surface area contributed by atoms with Gasteiger partial charge in [-0.15, -0.1) is 0 Å². The molecule has 7 nitrogen and oxygen atoms in total. The van der Waals surface area contributed by atoms with Crippen LogP contribution < -0.4 is 10.4 Å². The molecule has 2 saturated heterocycles. The third-order valence-corrected chi connectivity index (χ3v) is 29.1. The van der Waals surface area contributed by atoms with Crippen molar-refractivity contribution in [1.82, 2.24) is 0 Å². The molecule has 5 rings (SSSR count). The third kappa shape index (κ3) is 12.7. The Labute approximate surface area is 375 Å². The second-order valence-electron chi connectivity index (χ2n) is 22.7. The Kier molecular flexibility index (Phi) is 16.9. The van der Waals surface area contributed by atoms with E-state index in [9.17, 15) is 0 Å². The van der Waals surface area contributed by atoms with Gasteiger partial charge in [0, 0.05) is 38.3 Å². The maximum Gasteiger partial charge on any atom is 0.261 e. The Bertz CT molecular complexity index is 1620. The highest BCUT2D eigenvalue weighted by Gasteiger charge is 2.51. The molecule has 0 aliphatic carbocycles. The average molecular weight is 895 g/mol. The zero-order valence-electron chi connectivity index (χ0n) is 41.1. The number of rotatable bonds is 17. The van der Waals surface area contributed by atoms with E-state index in [1.807, 2.05) is 0 Å². The molecular weight excluding hydrogens is 809 g/mol. The number of hydrogen-bond acceptors (Lipinski definition) is 7. The molecule has 0 bridgehead atoms. The van der Waals surface area contributed by atoms with Crippen LogP contribution >= 0.6 is 0 Å². The van der Waals surface area contributed by atoms with Crippen LogP contribution in [-0.2, 0) is 32.2 Å². The molecule has 1 spiro atoms. The Morgan fingerprint density at radius 3 is 1.75 bits per heavy atom. The molecular formula is C51H86O7Si3. The fraction of sp³-hybridized carbons (Fsp3) is 0.725. The Balaban J connectivity index is 1.35. The predicted molar refractivity (Wildman–Crippen MR) is 261 cm³/mol. The highest BCUT2D eigenvalue weighted by molar-refractivity contribution is 6.99. The molecule has 0 aromatic heterocycles. The summed E-state index contributed by atoms with van der Waals surface area (Å²) < 4.78 is 48.4. The van der Waals surface area contributed by atoms with Crippen molar-refractivity contribution in [2.75, 3.05) is 20.3 Å². The smallest absolute Gasteiger partial charge is 0.261 e. The molecule has 0 N–H and O–H groups in total. The van der Waals surface area contributed by atoms with E-state index >= 15 is 0 Å². The molecule has 2 fully saturated rings. The van der Waals surface area contributed by atoms with Crippen LogP contribution in [0, 0.1) is 5.92 Å². The Morgan fingerprint density at radius 1 is 0.721 bits per heavy atom. The molecule has 344 valence electrons. The topological polar surface area (TPSA) is 64.6 Å². The van der Waals surface area contributed by atoms with Gasteiger partial charge >= 0.3 is 0 Å². The average Bonchev–Trinajstić information content (AvgIpc) is 3.17. The lowest BCUT2D eigenvalue weighted by molar-refractivity contribution is -0.275. The first-order valence-corrected chi connectivity index (χ1v) is 31.4. The number of ether oxygens (including phenoxy) is 4. The predicted octanol–water partition coefficient (Wildman–Crippen LogP) is 12.0. The van der Waals surface area contributed by atoms with Crippen LogP contribution in [0.15, 0.2) is 72.8 Å². The summed E-state index contributed by atoms with van der Waals surface area (Å²) in [6.45, 7) is 34.2. The maximum absolute atomic E-state index is 7.46. The van der Waals surface area contributed by atoms with Crippen LogP contribution in [-0.4, -0.2) is 87.7 Å². The van der Waals surface area contributed by atoms with Crippen LogP contribution in [0.25, 0.3) is 0 Å². The molecule has 2 aromatic carbocycles. The van der Waals surface area contributed by atoms with E-state index in [-0.39, 0.29) is 57.7 Å². The fourth-order valence-electron chi connectivity index (χ4n) is 9.14. The van der Waals surface area contributed by atoms with Crippen molar-refractivity contribution < 1.29 is 32.2 Å². The van der Waals surface area contributed by atoms with Crippen LogP contribution in [0.2, 0.25) is 41.3 Å². The van der Waals surface area contributed by atoms with Gasteiger partial charge in [-0.2, -0.15) is 0 Å². The van der Waals surface area contributed by atoms with Crippen molar-refractivity contribution in [2.24, 2.45) is 5.92 Å². The van der Waals surface area contributed by atoms with Crippen molar-refractivity contribution in [2.45, 2.75) is 211 Å². The van der Waals surface area contributed by atoms with Crippen LogP contribution in [0.3, 0.4) is 0 Å². The zero-order valence-corrected chi connectivity index (χ0v) is 44.1. The van der Waals surface area contributed by atoms with E-state index in [0.717, 1.165) is 57.8 Å². The van der Waals surface area contributed by atoms with Gasteiger partial charge in [0.2, 0.25) is 0 Å². The second kappa shape index (κ2) is 20.4. The zero-order chi connectivity index (χ0) is 44.9. The molecule has 0 radical (unpaired) electrons. The van der Waals surface area contributed by atoms with E-state index < -0.39 is 30.7 Å². The number of hydrogen-bond donors (Lipinski definition) is 0. The highest BCUT2D eigenvalue weighted by Crippen LogP contribution is 2.44. The summed E-state index contributed by atoms with van der Waals surface area (Å²) >= 11 is 0. The van der Waals surface area contributed by atoms with E-state index in [1.54, 1.807) is 7.11 Å². The molecule has 8 atom stereocenters. The summed E-state index contributed by atoms with van der Waals surface area (Å²) in [5.41, 5.74) is 0. The summed E-state index contributed by atoms with van der Waals surface area (Å²) in [4.78, 5) is 0. The van der Waals surface area contributed by atoms with Crippen molar-refractivity contribution in [3.63, 3.8) is 0 Å². The van der Waals surface area contributed by atoms with Crippen molar-refractivity contribution in [3.8, 4) is 0 Å². The van der Waals surface area contributed by atoms with Crippen molar-refractivity contribution in [1.29, 1.82) is 0 Å². The molecule has 0 unspecified atom stereocenters. The molecule has 2 aromatic rings. The number of benzene rings is 2. The minimum Gasteiger partial charge on any atom is -0.414 e. The van der Waals surface area contributed by atoms with Crippen molar-refractivity contribution in [3.05, 3.63) is 72.8 Å². The minimum absolute atomic E-state index is 0.00422. The first-order chi connectivity index (χ1) is 28.4. The highest BCUT2D eigenvalue weighted by atomic mass is 28.4. The molecule has 61 heavy (non-hydrogen) atoms. The van der Waals surface area contributed by atoms with E-state index in [4.69, 9.17) is 32.2 Å². The lowest BCUT2D eigenvalue weighted by atomic mass is 9.90. The second-order valence-corrected chi connectivity index (χ2v) is 36.5. The third-order valence-electron chi connectivity index (χ3n) is 14.9. The quantitative estimate of drug-likeness (QED) is 0.116. The minimum atomic E-state index is -2.62. The molecule has 0 amide bonds. The van der Waals surface area contributed by atoms with Gasteiger partial charge in [0.1, 0.15) is 0 Å². The first kappa shape index (κ1) is 50.5. The van der Waals surface area contributed by atoms with Crippen molar-refractivity contribution >= 4 is 35.3 Å². The maximum atomic E-state index is 7.46. The molecule has 10 heteroatoms.